The van der Waals surface area contributed by atoms with Crippen LogP contribution >= 0.6 is 11.6 Å². The zero-order valence-corrected chi connectivity index (χ0v) is 11.9. The van der Waals surface area contributed by atoms with Gasteiger partial charge in [-0.1, -0.05) is 48.5 Å². The maximum atomic E-state index is 6.22. The largest absolute Gasteiger partial charge is 0.248 e. The summed E-state index contributed by atoms with van der Waals surface area (Å²) in [6.07, 6.45) is 1.71. The number of benzene rings is 1. The van der Waals surface area contributed by atoms with Crippen molar-refractivity contribution in [1.29, 1.82) is 0 Å². The van der Waals surface area contributed by atoms with Crippen molar-refractivity contribution in [3.05, 3.63) is 65.2 Å². The van der Waals surface area contributed by atoms with E-state index in [4.69, 9.17) is 11.6 Å². The molecule has 0 heterocycles. The first-order chi connectivity index (χ1) is 8.47. The third-order valence-corrected chi connectivity index (χ3v) is 2.80. The van der Waals surface area contributed by atoms with E-state index in [1.54, 1.807) is 6.08 Å². The molecular weight excluding hydrogens is 242 g/mol. The predicted octanol–water partition coefficient (Wildman–Crippen LogP) is 5.29. The van der Waals surface area contributed by atoms with Crippen LogP contribution in [0.4, 0.5) is 0 Å². The first kappa shape index (κ1) is 14.5. The molecule has 18 heavy (non-hydrogen) atoms. The Kier molecular flexibility index (Phi) is 5.11. The quantitative estimate of drug-likeness (QED) is 0.651. The fraction of sp³-hybridized carbons (Fsp3) is 0.188. The van der Waals surface area contributed by atoms with E-state index in [1.807, 2.05) is 45.0 Å². The van der Waals surface area contributed by atoms with Crippen molar-refractivity contribution in [2.45, 2.75) is 20.8 Å². The molecule has 0 aliphatic heterocycles. The molecule has 0 bridgehead atoms. The smallest absolute Gasteiger partial charge is 0.0710 e. The summed E-state index contributed by atoms with van der Waals surface area (Å²) in [4.78, 5) is 4.62. The Morgan fingerprint density at radius 2 is 1.83 bits per heavy atom. The van der Waals surface area contributed by atoms with Crippen LogP contribution in [0.5, 0.6) is 0 Å². The Morgan fingerprint density at radius 3 is 2.28 bits per heavy atom. The van der Waals surface area contributed by atoms with Gasteiger partial charge in [0.1, 0.15) is 0 Å². The molecule has 0 amide bonds. The van der Waals surface area contributed by atoms with Crippen LogP contribution in [-0.4, -0.2) is 5.71 Å². The lowest BCUT2D eigenvalue weighted by Gasteiger charge is -2.09. The minimum absolute atomic E-state index is 0.697. The molecule has 0 aliphatic rings. The number of hydrogen-bond acceptors (Lipinski definition) is 1. The Balaban J connectivity index is 3.40. The van der Waals surface area contributed by atoms with E-state index in [2.05, 4.69) is 18.2 Å². The molecule has 0 aliphatic carbocycles. The van der Waals surface area contributed by atoms with Gasteiger partial charge in [-0.3, -0.25) is 0 Å². The van der Waals surface area contributed by atoms with Crippen molar-refractivity contribution < 1.29 is 0 Å². The molecule has 0 spiro atoms. The van der Waals surface area contributed by atoms with E-state index in [0.29, 0.717) is 5.02 Å². The number of hydrogen-bond donors (Lipinski definition) is 0. The second kappa shape index (κ2) is 6.36. The summed E-state index contributed by atoms with van der Waals surface area (Å²) < 4.78 is 0. The molecule has 1 nitrogen and oxygen atoms in total. The molecule has 0 saturated carbocycles. The molecule has 0 saturated heterocycles. The predicted molar refractivity (Wildman–Crippen MR) is 82.2 cm³/mol. The van der Waals surface area contributed by atoms with Gasteiger partial charge in [0, 0.05) is 10.6 Å². The van der Waals surface area contributed by atoms with Crippen LogP contribution in [-0.2, 0) is 0 Å². The lowest BCUT2D eigenvalue weighted by atomic mass is 10.1. The summed E-state index contributed by atoms with van der Waals surface area (Å²) in [5.41, 5.74) is 4.57. The van der Waals surface area contributed by atoms with Crippen molar-refractivity contribution in [3.63, 3.8) is 0 Å². The maximum Gasteiger partial charge on any atom is 0.0710 e. The normalized spacial score (nSPS) is 11.0. The summed E-state index contributed by atoms with van der Waals surface area (Å²) in [5, 5.41) is 0.697. The SMILES string of the molecule is C=CC(=NC(=C(C)C)c1ccccc1Cl)C(=C)C. The van der Waals surface area contributed by atoms with Crippen molar-refractivity contribution in [2.75, 3.05) is 0 Å². The number of aliphatic imine (C=N–C) groups is 1. The van der Waals surface area contributed by atoms with Gasteiger partial charge in [-0.2, -0.15) is 0 Å². The van der Waals surface area contributed by atoms with E-state index in [-0.39, 0.29) is 0 Å². The number of nitrogens with zero attached hydrogens (tertiary/aromatic N) is 1. The topological polar surface area (TPSA) is 12.4 Å². The summed E-state index contributed by atoms with van der Waals surface area (Å²) in [6.45, 7) is 13.6. The molecule has 0 fully saturated rings. The van der Waals surface area contributed by atoms with Gasteiger partial charge >= 0.3 is 0 Å². The van der Waals surface area contributed by atoms with Crippen LogP contribution < -0.4 is 0 Å². The van der Waals surface area contributed by atoms with Gasteiger partial charge in [0.2, 0.25) is 0 Å². The summed E-state index contributed by atoms with van der Waals surface area (Å²) in [6, 6.07) is 7.69. The minimum Gasteiger partial charge on any atom is -0.248 e. The Labute approximate surface area is 114 Å². The van der Waals surface area contributed by atoms with E-state index in [0.717, 1.165) is 28.1 Å². The fourth-order valence-corrected chi connectivity index (χ4v) is 1.76. The number of rotatable bonds is 4. The van der Waals surface area contributed by atoms with Gasteiger partial charge in [0.05, 0.1) is 11.4 Å². The van der Waals surface area contributed by atoms with E-state index in [9.17, 15) is 0 Å². The van der Waals surface area contributed by atoms with Gasteiger partial charge in [0.15, 0.2) is 0 Å². The zero-order chi connectivity index (χ0) is 13.7. The van der Waals surface area contributed by atoms with Gasteiger partial charge in [-0.05, 0) is 38.5 Å². The summed E-state index contributed by atoms with van der Waals surface area (Å²) in [5.74, 6) is 0. The minimum atomic E-state index is 0.697. The van der Waals surface area contributed by atoms with Crippen LogP contribution in [0, 0.1) is 0 Å². The van der Waals surface area contributed by atoms with Gasteiger partial charge < -0.3 is 0 Å². The first-order valence-electron chi connectivity index (χ1n) is 5.76. The second-order valence-corrected chi connectivity index (χ2v) is 4.72. The third-order valence-electron chi connectivity index (χ3n) is 2.47. The van der Waals surface area contributed by atoms with E-state index in [1.165, 1.54) is 0 Å². The van der Waals surface area contributed by atoms with Crippen molar-refractivity contribution >= 4 is 23.0 Å². The van der Waals surface area contributed by atoms with E-state index >= 15 is 0 Å². The summed E-state index contributed by atoms with van der Waals surface area (Å²) >= 11 is 6.22. The maximum absolute atomic E-state index is 6.22. The van der Waals surface area contributed by atoms with Crippen molar-refractivity contribution in [3.8, 4) is 0 Å². The Bertz CT molecular complexity index is 532. The molecule has 0 aromatic heterocycles. The average Bonchev–Trinajstić information content (AvgIpc) is 2.31. The van der Waals surface area contributed by atoms with Gasteiger partial charge in [0.25, 0.3) is 0 Å². The van der Waals surface area contributed by atoms with Gasteiger partial charge in [-0.25, -0.2) is 4.99 Å². The Hall–Kier alpha value is -1.60. The molecule has 0 radical (unpaired) electrons. The van der Waals surface area contributed by atoms with Crippen LogP contribution in [0.25, 0.3) is 5.70 Å². The van der Waals surface area contributed by atoms with Crippen LogP contribution in [0.3, 0.4) is 0 Å². The molecule has 0 unspecified atom stereocenters. The molecule has 2 heteroatoms. The van der Waals surface area contributed by atoms with Crippen LogP contribution in [0.2, 0.25) is 5.02 Å². The third kappa shape index (κ3) is 3.44. The lowest BCUT2D eigenvalue weighted by molar-refractivity contribution is 1.33. The average molecular weight is 260 g/mol. The van der Waals surface area contributed by atoms with Crippen LogP contribution in [0.1, 0.15) is 26.3 Å². The molecule has 1 aromatic rings. The van der Waals surface area contributed by atoms with Crippen LogP contribution in [0.15, 0.2) is 59.6 Å². The monoisotopic (exact) mass is 259 g/mol. The highest BCUT2D eigenvalue weighted by atomic mass is 35.5. The highest BCUT2D eigenvalue weighted by molar-refractivity contribution is 6.32. The number of halogens is 1. The van der Waals surface area contributed by atoms with E-state index < -0.39 is 0 Å². The highest BCUT2D eigenvalue weighted by Crippen LogP contribution is 2.27. The second-order valence-electron chi connectivity index (χ2n) is 4.31. The first-order valence-corrected chi connectivity index (χ1v) is 6.14. The zero-order valence-electron chi connectivity index (χ0n) is 11.1. The molecule has 0 N–H and O–H groups in total. The summed E-state index contributed by atoms with van der Waals surface area (Å²) in [7, 11) is 0. The fourth-order valence-electron chi connectivity index (χ4n) is 1.53. The molecule has 94 valence electrons. The highest BCUT2D eigenvalue weighted by Gasteiger charge is 2.08. The lowest BCUT2D eigenvalue weighted by Crippen LogP contribution is -1.96. The van der Waals surface area contributed by atoms with Crippen molar-refractivity contribution in [1.82, 2.24) is 0 Å². The molecule has 1 aromatic carbocycles. The molecule has 1 rings (SSSR count). The number of allylic oxidation sites excluding steroid dienone is 3. The Morgan fingerprint density at radius 1 is 1.22 bits per heavy atom. The molecular formula is C16H18ClN. The van der Waals surface area contributed by atoms with Gasteiger partial charge in [-0.15, -0.1) is 0 Å². The standard InChI is InChI=1S/C16H18ClN/c1-6-15(11(2)3)18-16(12(4)5)13-9-7-8-10-14(13)17/h6-10H,1-2H2,3-5H3. The van der Waals surface area contributed by atoms with Crippen molar-refractivity contribution in [2.24, 2.45) is 4.99 Å². The molecule has 0 atom stereocenters.